The van der Waals surface area contributed by atoms with Gasteiger partial charge in [0.25, 0.3) is 10.1 Å². The zero-order valence-electron chi connectivity index (χ0n) is 5.74. The van der Waals surface area contributed by atoms with Crippen molar-refractivity contribution in [3.63, 3.8) is 0 Å². The van der Waals surface area contributed by atoms with Crippen molar-refractivity contribution in [2.75, 3.05) is 0 Å². The fourth-order valence-electron chi connectivity index (χ4n) is 0.335. The van der Waals surface area contributed by atoms with E-state index >= 15 is 0 Å². The lowest BCUT2D eigenvalue weighted by atomic mass is 10.4. The van der Waals surface area contributed by atoms with Crippen molar-refractivity contribution in [3.05, 3.63) is 23.6 Å². The molecule has 0 aliphatic rings. The summed E-state index contributed by atoms with van der Waals surface area (Å²) in [6, 6.07) is 0. The average Bonchev–Trinajstić information content (AvgIpc) is 1.80. The van der Waals surface area contributed by atoms with Crippen molar-refractivity contribution in [2.24, 2.45) is 0 Å². The molecule has 0 spiro atoms. The first-order valence-corrected chi connectivity index (χ1v) is 4.25. The van der Waals surface area contributed by atoms with Crippen molar-refractivity contribution in [1.29, 1.82) is 0 Å². The normalized spacial score (nSPS) is 12.2. The van der Waals surface area contributed by atoms with Crippen molar-refractivity contribution in [1.82, 2.24) is 0 Å². The molecule has 0 bridgehead atoms. The summed E-state index contributed by atoms with van der Waals surface area (Å²) in [6.07, 6.45) is 3.60. The van der Waals surface area contributed by atoms with Gasteiger partial charge in [-0.1, -0.05) is 19.6 Å². The first kappa shape index (κ1) is 9.39. The second-order valence-electron chi connectivity index (χ2n) is 1.75. The molecule has 0 saturated heterocycles. The predicted molar refractivity (Wildman–Crippen MR) is 40.1 cm³/mol. The van der Waals surface area contributed by atoms with Gasteiger partial charge in [-0.3, -0.25) is 4.55 Å². The summed E-state index contributed by atoms with van der Waals surface area (Å²) < 4.78 is 28.8. The van der Waals surface area contributed by atoms with E-state index in [1.807, 2.05) is 6.92 Å². The lowest BCUT2D eigenvalue weighted by molar-refractivity contribution is 0.492. The molecular weight excluding hydrogens is 152 g/mol. The second kappa shape index (κ2) is 3.53. The summed E-state index contributed by atoms with van der Waals surface area (Å²) in [4.78, 5) is -0.269. The van der Waals surface area contributed by atoms with E-state index in [0.29, 0.717) is 6.42 Å². The molecule has 0 atom stereocenters. The molecule has 3 nitrogen and oxygen atoms in total. The maximum Gasteiger partial charge on any atom is 0.293 e. The number of allylic oxidation sites excluding steroid dienone is 2. The van der Waals surface area contributed by atoms with Crippen LogP contribution in [0.3, 0.4) is 0 Å². The van der Waals surface area contributed by atoms with Crippen LogP contribution in [-0.4, -0.2) is 13.0 Å². The number of hydrogen-bond acceptors (Lipinski definition) is 2. The van der Waals surface area contributed by atoms with Gasteiger partial charge in [-0.2, -0.15) is 8.42 Å². The van der Waals surface area contributed by atoms with Crippen LogP contribution in [0.5, 0.6) is 0 Å². The molecule has 0 aliphatic carbocycles. The third kappa shape index (κ3) is 3.42. The standard InChI is InChI=1S/C6H10O3S/c1-3-4-5-6(2)10(7,8)9/h4-5H,2-3H2,1H3,(H,7,8,9)/b5-4-. The fourth-order valence-corrected chi connectivity index (χ4v) is 0.603. The smallest absolute Gasteiger partial charge is 0.282 e. The first-order valence-electron chi connectivity index (χ1n) is 2.81. The average molecular weight is 162 g/mol. The molecule has 58 valence electrons. The molecule has 0 radical (unpaired) electrons. The molecular formula is C6H10O3S. The summed E-state index contributed by atoms with van der Waals surface area (Å²) in [5.41, 5.74) is 0. The highest BCUT2D eigenvalue weighted by Gasteiger charge is 2.05. The van der Waals surface area contributed by atoms with Gasteiger partial charge in [-0.15, -0.1) is 0 Å². The van der Waals surface area contributed by atoms with Crippen LogP contribution in [0, 0.1) is 0 Å². The van der Waals surface area contributed by atoms with E-state index in [9.17, 15) is 8.42 Å². The molecule has 0 saturated carbocycles. The van der Waals surface area contributed by atoms with Crippen molar-refractivity contribution >= 4 is 10.1 Å². The topological polar surface area (TPSA) is 54.4 Å². The largest absolute Gasteiger partial charge is 0.293 e. The Labute approximate surface area is 60.8 Å². The fraction of sp³-hybridized carbons (Fsp3) is 0.333. The zero-order chi connectivity index (χ0) is 8.20. The van der Waals surface area contributed by atoms with E-state index in [-0.39, 0.29) is 4.91 Å². The molecule has 0 aromatic heterocycles. The molecule has 0 aliphatic heterocycles. The van der Waals surface area contributed by atoms with Gasteiger partial charge in [-0.05, 0) is 12.5 Å². The minimum atomic E-state index is -4.06. The van der Waals surface area contributed by atoms with Gasteiger partial charge in [-0.25, -0.2) is 0 Å². The van der Waals surface area contributed by atoms with Gasteiger partial charge in [0.05, 0.1) is 4.91 Å². The van der Waals surface area contributed by atoms with Gasteiger partial charge in [0, 0.05) is 0 Å². The molecule has 0 aromatic carbocycles. The lowest BCUT2D eigenvalue weighted by Gasteiger charge is -1.90. The van der Waals surface area contributed by atoms with Crippen LogP contribution in [0.15, 0.2) is 23.6 Å². The maximum atomic E-state index is 10.2. The summed E-state index contributed by atoms with van der Waals surface area (Å²) >= 11 is 0. The van der Waals surface area contributed by atoms with Gasteiger partial charge in [0.2, 0.25) is 0 Å². The molecule has 0 unspecified atom stereocenters. The number of rotatable bonds is 3. The highest BCUT2D eigenvalue weighted by Crippen LogP contribution is 2.01. The van der Waals surface area contributed by atoms with Gasteiger partial charge >= 0.3 is 0 Å². The van der Waals surface area contributed by atoms with E-state index in [1.54, 1.807) is 6.08 Å². The highest BCUT2D eigenvalue weighted by molar-refractivity contribution is 7.90. The predicted octanol–water partition coefficient (Wildman–Crippen LogP) is 1.35. The molecule has 4 heteroatoms. The quantitative estimate of drug-likeness (QED) is 0.503. The second-order valence-corrected chi connectivity index (χ2v) is 3.23. The molecule has 1 N–H and O–H groups in total. The van der Waals surface area contributed by atoms with E-state index in [2.05, 4.69) is 6.58 Å². The molecule has 0 rings (SSSR count). The van der Waals surface area contributed by atoms with Crippen molar-refractivity contribution < 1.29 is 13.0 Å². The van der Waals surface area contributed by atoms with Crippen LogP contribution < -0.4 is 0 Å². The third-order valence-corrected chi connectivity index (χ3v) is 1.67. The summed E-state index contributed by atoms with van der Waals surface area (Å²) in [5, 5.41) is 0. The molecule has 0 aromatic rings. The number of hydrogen-bond donors (Lipinski definition) is 1. The van der Waals surface area contributed by atoms with Gasteiger partial charge < -0.3 is 0 Å². The third-order valence-electron chi connectivity index (χ3n) is 0.871. The SMILES string of the molecule is C=C(/C=C\CC)S(=O)(=O)O. The summed E-state index contributed by atoms with van der Waals surface area (Å²) in [5.74, 6) is 0. The van der Waals surface area contributed by atoms with E-state index in [4.69, 9.17) is 4.55 Å². The van der Waals surface area contributed by atoms with E-state index in [1.165, 1.54) is 6.08 Å². The zero-order valence-corrected chi connectivity index (χ0v) is 6.56. The van der Waals surface area contributed by atoms with Gasteiger partial charge in [0.15, 0.2) is 0 Å². The molecule has 10 heavy (non-hydrogen) atoms. The summed E-state index contributed by atoms with van der Waals surface area (Å²) in [6.45, 7) is 4.99. The van der Waals surface area contributed by atoms with Crippen LogP contribution in [0.1, 0.15) is 13.3 Å². The Bertz CT molecular complexity index is 236. The van der Waals surface area contributed by atoms with Crippen LogP contribution in [0.4, 0.5) is 0 Å². The van der Waals surface area contributed by atoms with Crippen molar-refractivity contribution in [3.8, 4) is 0 Å². The Kier molecular flexibility index (Phi) is 3.32. The Morgan fingerprint density at radius 1 is 1.70 bits per heavy atom. The lowest BCUT2D eigenvalue weighted by Crippen LogP contribution is -1.96. The van der Waals surface area contributed by atoms with Crippen LogP contribution in [0.2, 0.25) is 0 Å². The Hall–Kier alpha value is -0.610. The first-order chi connectivity index (χ1) is 4.48. The minimum Gasteiger partial charge on any atom is -0.282 e. The maximum absolute atomic E-state index is 10.2. The molecule has 0 fully saturated rings. The van der Waals surface area contributed by atoms with Crippen LogP contribution in [0.25, 0.3) is 0 Å². The van der Waals surface area contributed by atoms with Gasteiger partial charge in [0.1, 0.15) is 0 Å². The Morgan fingerprint density at radius 3 is 2.50 bits per heavy atom. The summed E-state index contributed by atoms with van der Waals surface area (Å²) in [7, 11) is -4.06. The van der Waals surface area contributed by atoms with E-state index < -0.39 is 10.1 Å². The highest BCUT2D eigenvalue weighted by atomic mass is 32.2. The Morgan fingerprint density at radius 2 is 2.20 bits per heavy atom. The van der Waals surface area contributed by atoms with Crippen molar-refractivity contribution in [2.45, 2.75) is 13.3 Å². The Balaban J connectivity index is 4.28. The van der Waals surface area contributed by atoms with Crippen LogP contribution in [-0.2, 0) is 10.1 Å². The molecule has 0 heterocycles. The molecule has 0 amide bonds. The minimum absolute atomic E-state index is 0.269. The monoisotopic (exact) mass is 162 g/mol. The van der Waals surface area contributed by atoms with Crippen LogP contribution >= 0.6 is 0 Å². The van der Waals surface area contributed by atoms with E-state index in [0.717, 1.165) is 0 Å².